The zero-order chi connectivity index (χ0) is 14.3. The third-order valence-electron chi connectivity index (χ3n) is 3.41. The lowest BCUT2D eigenvalue weighted by molar-refractivity contribution is 0.991. The number of anilines is 1. The molecule has 0 unspecified atom stereocenters. The first-order valence-electron chi connectivity index (χ1n) is 7.24. The minimum Gasteiger partial charge on any atom is -0.368 e. The summed E-state index contributed by atoms with van der Waals surface area (Å²) in [6.07, 6.45) is 16.9. The smallest absolute Gasteiger partial charge is 0.144 e. The Balaban J connectivity index is 1.55. The number of hydrogen-bond donors (Lipinski definition) is 1. The van der Waals surface area contributed by atoms with E-state index in [0.29, 0.717) is 0 Å². The fraction of sp³-hybridized carbons (Fsp3) is 0.235. The van der Waals surface area contributed by atoms with Crippen LogP contribution in [0.3, 0.4) is 0 Å². The molecule has 4 heteroatoms. The van der Waals surface area contributed by atoms with Gasteiger partial charge in [-0.2, -0.15) is 0 Å². The van der Waals surface area contributed by atoms with Crippen LogP contribution in [0.1, 0.15) is 24.1 Å². The molecule has 0 aliphatic heterocycles. The van der Waals surface area contributed by atoms with E-state index in [1.807, 2.05) is 30.7 Å². The second-order valence-electron chi connectivity index (χ2n) is 4.96. The van der Waals surface area contributed by atoms with E-state index in [1.165, 1.54) is 5.56 Å². The van der Waals surface area contributed by atoms with E-state index in [-0.39, 0.29) is 0 Å². The molecule has 1 aliphatic carbocycles. The van der Waals surface area contributed by atoms with E-state index < -0.39 is 0 Å². The maximum absolute atomic E-state index is 4.47. The summed E-state index contributed by atoms with van der Waals surface area (Å²) >= 11 is 0. The van der Waals surface area contributed by atoms with Crippen molar-refractivity contribution in [2.24, 2.45) is 0 Å². The third kappa shape index (κ3) is 3.75. The van der Waals surface area contributed by atoms with Gasteiger partial charge in [0, 0.05) is 18.9 Å². The number of pyridine rings is 1. The van der Waals surface area contributed by atoms with Crippen LogP contribution in [0.25, 0.3) is 5.57 Å². The van der Waals surface area contributed by atoms with Crippen molar-refractivity contribution in [3.8, 4) is 0 Å². The van der Waals surface area contributed by atoms with Gasteiger partial charge >= 0.3 is 0 Å². The highest BCUT2D eigenvalue weighted by Gasteiger charge is 2.03. The Hall–Kier alpha value is -2.49. The first-order valence-corrected chi connectivity index (χ1v) is 7.24. The van der Waals surface area contributed by atoms with Crippen LogP contribution in [-0.4, -0.2) is 21.5 Å². The molecular formula is C17H18N4. The van der Waals surface area contributed by atoms with E-state index in [4.69, 9.17) is 0 Å². The summed E-state index contributed by atoms with van der Waals surface area (Å²) in [7, 11) is 0. The molecule has 1 N–H and O–H groups in total. The summed E-state index contributed by atoms with van der Waals surface area (Å²) in [5, 5.41) is 3.29. The van der Waals surface area contributed by atoms with Crippen molar-refractivity contribution in [3.05, 3.63) is 66.4 Å². The zero-order valence-electron chi connectivity index (χ0n) is 11.9. The molecule has 1 aliphatic rings. The summed E-state index contributed by atoms with van der Waals surface area (Å²) in [5.41, 5.74) is 3.36. The molecule has 0 radical (unpaired) electrons. The third-order valence-corrected chi connectivity index (χ3v) is 3.41. The molecule has 0 amide bonds. The standard InChI is InChI=1S/C17H18N4/c1-2-4-15(5-3-1)16-12-21-17(13-20-16)19-11-8-14-6-9-18-10-7-14/h2,4-7,9-10,12-13H,1,3,8,11H2,(H,19,21). The van der Waals surface area contributed by atoms with Crippen molar-refractivity contribution in [3.63, 3.8) is 0 Å². The number of rotatable bonds is 5. The van der Waals surface area contributed by atoms with Crippen LogP contribution in [-0.2, 0) is 6.42 Å². The lowest BCUT2D eigenvalue weighted by Crippen LogP contribution is -2.07. The lowest BCUT2D eigenvalue weighted by Gasteiger charge is -2.08. The average molecular weight is 278 g/mol. The van der Waals surface area contributed by atoms with Gasteiger partial charge in [-0.05, 0) is 42.5 Å². The van der Waals surface area contributed by atoms with Gasteiger partial charge in [0.15, 0.2) is 0 Å². The minimum absolute atomic E-state index is 0.813. The molecule has 0 bridgehead atoms. The number of hydrogen-bond acceptors (Lipinski definition) is 4. The summed E-state index contributed by atoms with van der Waals surface area (Å²) < 4.78 is 0. The highest BCUT2D eigenvalue weighted by Crippen LogP contribution is 2.19. The molecule has 0 saturated carbocycles. The molecule has 21 heavy (non-hydrogen) atoms. The molecule has 2 aromatic rings. The average Bonchev–Trinajstić information content (AvgIpc) is 2.57. The Labute approximate surface area is 124 Å². The largest absolute Gasteiger partial charge is 0.368 e. The van der Waals surface area contributed by atoms with Crippen LogP contribution in [0.15, 0.2) is 55.1 Å². The summed E-state index contributed by atoms with van der Waals surface area (Å²) in [5.74, 6) is 0.813. The van der Waals surface area contributed by atoms with Crippen molar-refractivity contribution in [2.45, 2.75) is 19.3 Å². The summed E-state index contributed by atoms with van der Waals surface area (Å²) in [4.78, 5) is 12.9. The maximum atomic E-state index is 4.47. The normalized spacial score (nSPS) is 13.8. The summed E-state index contributed by atoms with van der Waals surface area (Å²) in [6.45, 7) is 0.834. The second kappa shape index (κ2) is 6.79. The van der Waals surface area contributed by atoms with Gasteiger partial charge in [-0.25, -0.2) is 4.98 Å². The molecule has 2 heterocycles. The molecule has 0 aromatic carbocycles. The molecule has 3 rings (SSSR count). The van der Waals surface area contributed by atoms with Gasteiger partial charge in [0.1, 0.15) is 5.82 Å². The van der Waals surface area contributed by atoms with Crippen molar-refractivity contribution >= 4 is 11.4 Å². The maximum Gasteiger partial charge on any atom is 0.144 e. The van der Waals surface area contributed by atoms with Crippen LogP contribution >= 0.6 is 0 Å². The molecule has 2 aromatic heterocycles. The molecular weight excluding hydrogens is 260 g/mol. The van der Waals surface area contributed by atoms with Gasteiger partial charge in [-0.1, -0.05) is 18.2 Å². The zero-order valence-corrected chi connectivity index (χ0v) is 11.9. The van der Waals surface area contributed by atoms with Crippen molar-refractivity contribution in [1.29, 1.82) is 0 Å². The van der Waals surface area contributed by atoms with Crippen molar-refractivity contribution in [2.75, 3.05) is 11.9 Å². The van der Waals surface area contributed by atoms with Crippen LogP contribution in [0.5, 0.6) is 0 Å². The Morgan fingerprint density at radius 2 is 1.95 bits per heavy atom. The first-order chi connectivity index (χ1) is 10.4. The number of nitrogens with one attached hydrogen (secondary N) is 1. The monoisotopic (exact) mass is 278 g/mol. The molecule has 4 nitrogen and oxygen atoms in total. The van der Waals surface area contributed by atoms with Crippen LogP contribution in [0.2, 0.25) is 0 Å². The molecule has 0 fully saturated rings. The minimum atomic E-state index is 0.813. The number of allylic oxidation sites excluding steroid dienone is 4. The van der Waals surface area contributed by atoms with Gasteiger partial charge < -0.3 is 5.32 Å². The Kier molecular flexibility index (Phi) is 4.36. The van der Waals surface area contributed by atoms with Crippen molar-refractivity contribution in [1.82, 2.24) is 15.0 Å². The van der Waals surface area contributed by atoms with E-state index >= 15 is 0 Å². The van der Waals surface area contributed by atoms with Crippen LogP contribution in [0.4, 0.5) is 5.82 Å². The van der Waals surface area contributed by atoms with Gasteiger partial charge in [-0.3, -0.25) is 9.97 Å². The first kappa shape index (κ1) is 13.5. The summed E-state index contributed by atoms with van der Waals surface area (Å²) in [6, 6.07) is 4.05. The second-order valence-corrected chi connectivity index (χ2v) is 4.96. The van der Waals surface area contributed by atoms with Gasteiger partial charge in [0.2, 0.25) is 0 Å². The van der Waals surface area contributed by atoms with Crippen LogP contribution < -0.4 is 5.32 Å². The van der Waals surface area contributed by atoms with E-state index in [0.717, 1.165) is 42.9 Å². The van der Waals surface area contributed by atoms with Crippen molar-refractivity contribution < 1.29 is 0 Å². The van der Waals surface area contributed by atoms with Gasteiger partial charge in [-0.15, -0.1) is 0 Å². The fourth-order valence-corrected chi connectivity index (χ4v) is 2.26. The van der Waals surface area contributed by atoms with Crippen LogP contribution in [0, 0.1) is 0 Å². The topological polar surface area (TPSA) is 50.7 Å². The fourth-order valence-electron chi connectivity index (χ4n) is 2.26. The molecule has 0 spiro atoms. The number of nitrogens with zero attached hydrogens (tertiary/aromatic N) is 3. The van der Waals surface area contributed by atoms with E-state index in [2.05, 4.69) is 38.5 Å². The van der Waals surface area contributed by atoms with Gasteiger partial charge in [0.25, 0.3) is 0 Å². The molecule has 0 atom stereocenters. The van der Waals surface area contributed by atoms with E-state index in [9.17, 15) is 0 Å². The Bertz CT molecular complexity index is 630. The van der Waals surface area contributed by atoms with Gasteiger partial charge in [0.05, 0.1) is 18.1 Å². The van der Waals surface area contributed by atoms with E-state index in [1.54, 1.807) is 6.20 Å². The lowest BCUT2D eigenvalue weighted by atomic mass is 10.1. The number of aromatic nitrogens is 3. The highest BCUT2D eigenvalue weighted by molar-refractivity contribution is 5.72. The highest BCUT2D eigenvalue weighted by atomic mass is 15.0. The Morgan fingerprint density at radius 1 is 1.05 bits per heavy atom. The molecule has 106 valence electrons. The molecule has 0 saturated heterocycles. The predicted octanol–water partition coefficient (Wildman–Crippen LogP) is 3.26. The SMILES string of the molecule is C1=CC(c2cnc(NCCc3ccncc3)cn2)=CCC1. The predicted molar refractivity (Wildman–Crippen MR) is 84.8 cm³/mol. The quantitative estimate of drug-likeness (QED) is 0.912. The Morgan fingerprint density at radius 3 is 2.67 bits per heavy atom.